The molecule has 0 spiro atoms. The molecule has 4 heteroatoms. The second kappa shape index (κ2) is 12.7. The fourth-order valence-corrected chi connectivity index (χ4v) is 1.86. The molecule has 0 saturated heterocycles. The van der Waals surface area contributed by atoms with Crippen molar-refractivity contribution in [1.29, 1.82) is 0 Å². The van der Waals surface area contributed by atoms with Crippen molar-refractivity contribution < 1.29 is 36.4 Å². The van der Waals surface area contributed by atoms with Crippen LogP contribution in [0.25, 0.3) is 0 Å². The van der Waals surface area contributed by atoms with E-state index < -0.39 is 0 Å². The van der Waals surface area contributed by atoms with Gasteiger partial charge in [-0.2, -0.15) is 0 Å². The van der Waals surface area contributed by atoms with E-state index in [0.717, 1.165) is 18.4 Å². The van der Waals surface area contributed by atoms with E-state index in [0.29, 0.717) is 17.4 Å². The van der Waals surface area contributed by atoms with Gasteiger partial charge in [0.15, 0.2) is 0 Å². The molecule has 0 saturated carbocycles. The van der Waals surface area contributed by atoms with Gasteiger partial charge in [-0.15, -0.1) is 12.4 Å². The van der Waals surface area contributed by atoms with Gasteiger partial charge in [-0.05, 0) is 48.1 Å². The van der Waals surface area contributed by atoms with Crippen LogP contribution >= 0.6 is 12.4 Å². The maximum Gasteiger partial charge on any atom is 0.119 e. The maximum absolute atomic E-state index is 9.41. The molecule has 0 heterocycles. The Morgan fingerprint density at radius 2 is 1.45 bits per heavy atom. The number of hydrogen-bond acceptors (Lipinski definition) is 2. The van der Waals surface area contributed by atoms with Crippen LogP contribution in [0.2, 0.25) is 0 Å². The largest absolute Gasteiger partial charge is 0.508 e. The van der Waals surface area contributed by atoms with Gasteiger partial charge < -0.3 is 10.2 Å². The smallest absolute Gasteiger partial charge is 0.119 e. The van der Waals surface area contributed by atoms with Crippen LogP contribution < -0.4 is 0 Å². The Kier molecular flexibility index (Phi) is 13.6. The van der Waals surface area contributed by atoms with Gasteiger partial charge in [-0.3, -0.25) is 0 Å². The number of para-hydroxylation sites is 1. The molecule has 0 aliphatic carbocycles. The molecule has 2 aromatic rings. The Bertz CT molecular complexity index is 515. The number of benzene rings is 2. The van der Waals surface area contributed by atoms with Crippen molar-refractivity contribution in [2.24, 2.45) is 0 Å². The van der Waals surface area contributed by atoms with E-state index in [2.05, 4.69) is 20.8 Å². The van der Waals surface area contributed by atoms with Gasteiger partial charge in [0.2, 0.25) is 0 Å². The summed E-state index contributed by atoms with van der Waals surface area (Å²) in [4.78, 5) is 0. The number of phenols is 2. The van der Waals surface area contributed by atoms with Crippen molar-refractivity contribution in [2.75, 3.05) is 0 Å². The van der Waals surface area contributed by atoms with Crippen LogP contribution in [0.5, 0.6) is 11.5 Å². The monoisotopic (exact) mass is 398 g/mol. The molecular weight excluding hydrogens is 375 g/mol. The zero-order valence-corrected chi connectivity index (χ0v) is 16.7. The molecule has 2 nitrogen and oxygen atoms in total. The molecule has 0 aromatic heterocycles. The molecule has 1 atom stereocenters. The number of hydrogen-bond donors (Lipinski definition) is 2. The van der Waals surface area contributed by atoms with Gasteiger partial charge in [0.1, 0.15) is 11.5 Å². The molecule has 0 aliphatic rings. The molecule has 0 radical (unpaired) electrons. The van der Waals surface area contributed by atoms with E-state index in [4.69, 9.17) is 5.11 Å². The predicted molar refractivity (Wildman–Crippen MR) is 91.5 cm³/mol. The van der Waals surface area contributed by atoms with Crippen molar-refractivity contribution in [3.63, 3.8) is 0 Å². The zero-order valence-electron chi connectivity index (χ0n) is 13.4. The molecule has 2 rings (SSSR count). The number of halogens is 1. The van der Waals surface area contributed by atoms with Crippen LogP contribution in [0, 0.1) is 0 Å². The summed E-state index contributed by atoms with van der Waals surface area (Å²) in [7, 11) is 0. The Morgan fingerprint density at radius 1 is 0.909 bits per heavy atom. The molecule has 22 heavy (non-hydrogen) atoms. The Morgan fingerprint density at radius 3 is 1.91 bits per heavy atom. The fourth-order valence-electron chi connectivity index (χ4n) is 1.86. The van der Waals surface area contributed by atoms with Crippen molar-refractivity contribution >= 4 is 12.4 Å². The normalized spacial score (nSPS) is 10.3. The number of rotatable bonds is 3. The van der Waals surface area contributed by atoms with Crippen LogP contribution in [0.3, 0.4) is 0 Å². The van der Waals surface area contributed by atoms with E-state index in [9.17, 15) is 5.11 Å². The summed E-state index contributed by atoms with van der Waals surface area (Å²) < 4.78 is 0. The van der Waals surface area contributed by atoms with Gasteiger partial charge in [-0.25, -0.2) is 0 Å². The minimum absolute atomic E-state index is 0. The van der Waals surface area contributed by atoms with Crippen LogP contribution in [0.1, 0.15) is 44.2 Å². The minimum atomic E-state index is 0. The van der Waals surface area contributed by atoms with Gasteiger partial charge >= 0.3 is 0 Å². The summed E-state index contributed by atoms with van der Waals surface area (Å²) in [6.07, 6.45) is 2.10. The summed E-state index contributed by atoms with van der Waals surface area (Å²) >= 11 is 0. The quantitative estimate of drug-likeness (QED) is 0.736. The number of aryl methyl sites for hydroxylation is 1. The first-order valence-electron chi connectivity index (χ1n) is 7.14. The van der Waals surface area contributed by atoms with Gasteiger partial charge in [0.05, 0.1) is 0 Å². The first-order chi connectivity index (χ1) is 9.58. The molecule has 0 fully saturated rings. The maximum atomic E-state index is 9.41. The van der Waals surface area contributed by atoms with E-state index >= 15 is 0 Å². The summed E-state index contributed by atoms with van der Waals surface area (Å²) in [5.41, 5.74) is 2.31. The van der Waals surface area contributed by atoms with Gasteiger partial charge in [-0.1, -0.05) is 51.1 Å². The minimum Gasteiger partial charge on any atom is -0.508 e. The van der Waals surface area contributed by atoms with E-state index in [-0.39, 0.29) is 38.6 Å². The summed E-state index contributed by atoms with van der Waals surface area (Å²) in [5, 5.41) is 18.3. The molecule has 0 bridgehead atoms. The predicted octanol–water partition coefficient (Wildman–Crippen LogP) is 5.28. The number of phenolic OH excluding ortho intramolecular Hbond substituents is 2. The SMILES string of the molecule is CCC(C)c1ccccc1O.CCc1ccc(O)cc1.Cl.[Zr]. The molecule has 2 N–H and O–H groups in total. The van der Waals surface area contributed by atoms with Crippen molar-refractivity contribution in [3.8, 4) is 11.5 Å². The van der Waals surface area contributed by atoms with Crippen LogP contribution in [0.4, 0.5) is 0 Å². The first kappa shape index (κ1) is 23.5. The Balaban J connectivity index is 0. The second-order valence-corrected chi connectivity index (χ2v) is 4.89. The summed E-state index contributed by atoms with van der Waals surface area (Å²) in [5.74, 6) is 1.21. The third-order valence-corrected chi connectivity index (χ3v) is 3.42. The van der Waals surface area contributed by atoms with Gasteiger partial charge in [0.25, 0.3) is 0 Å². The van der Waals surface area contributed by atoms with Crippen molar-refractivity contribution in [1.82, 2.24) is 0 Å². The van der Waals surface area contributed by atoms with Gasteiger partial charge in [0, 0.05) is 26.2 Å². The molecule has 2 aromatic carbocycles. The van der Waals surface area contributed by atoms with E-state index in [1.165, 1.54) is 5.56 Å². The first-order valence-corrected chi connectivity index (χ1v) is 7.14. The summed E-state index contributed by atoms with van der Waals surface area (Å²) in [6, 6.07) is 14.8. The standard InChI is InChI=1S/C10H14O.C8H10O.ClH.Zr/c1-3-8(2)9-6-4-5-7-10(9)11;1-2-7-3-5-8(9)6-4-7;;/h4-8,11H,3H2,1-2H3;3-6,9H,2H2,1H3;1H;. The average Bonchev–Trinajstić information content (AvgIpc) is 2.48. The molecule has 1 unspecified atom stereocenters. The molecule has 120 valence electrons. The fraction of sp³-hybridized carbons (Fsp3) is 0.333. The zero-order chi connectivity index (χ0) is 15.0. The third kappa shape index (κ3) is 8.01. The topological polar surface area (TPSA) is 40.5 Å². The molecular formula is C18H25ClO2Zr. The molecule has 0 aliphatic heterocycles. The Hall–Kier alpha value is -0.787. The third-order valence-electron chi connectivity index (χ3n) is 3.42. The van der Waals surface area contributed by atoms with Crippen LogP contribution in [0.15, 0.2) is 48.5 Å². The van der Waals surface area contributed by atoms with Crippen LogP contribution in [-0.4, -0.2) is 10.2 Å². The van der Waals surface area contributed by atoms with Crippen molar-refractivity contribution in [3.05, 3.63) is 59.7 Å². The second-order valence-electron chi connectivity index (χ2n) is 4.89. The number of aromatic hydroxyl groups is 2. The van der Waals surface area contributed by atoms with Crippen molar-refractivity contribution in [2.45, 2.75) is 39.5 Å². The Labute approximate surface area is 159 Å². The summed E-state index contributed by atoms with van der Waals surface area (Å²) in [6.45, 7) is 6.33. The molecule has 0 amide bonds. The van der Waals surface area contributed by atoms with E-state index in [1.54, 1.807) is 18.2 Å². The van der Waals surface area contributed by atoms with Crippen LogP contribution in [-0.2, 0) is 32.6 Å². The van der Waals surface area contributed by atoms with E-state index in [1.807, 2.05) is 30.3 Å². The average molecular weight is 400 g/mol.